The van der Waals surface area contributed by atoms with Crippen molar-refractivity contribution >= 4 is 0 Å². The molecule has 2 heterocycles. The molecule has 0 amide bonds. The molecule has 4 heteroatoms. The maximum absolute atomic E-state index is 5.30. The van der Waals surface area contributed by atoms with Crippen LogP contribution in [-0.2, 0) is 13.0 Å². The molecule has 0 unspecified atom stereocenters. The van der Waals surface area contributed by atoms with Gasteiger partial charge in [0.05, 0.1) is 12.2 Å². The minimum Gasteiger partial charge on any atom is -0.476 e. The number of ether oxygens (including phenoxy) is 1. The molecule has 12 heavy (non-hydrogen) atoms. The van der Waals surface area contributed by atoms with Crippen LogP contribution in [0.25, 0.3) is 0 Å². The third-order valence-electron chi connectivity index (χ3n) is 1.95. The zero-order valence-corrected chi connectivity index (χ0v) is 7.09. The summed E-state index contributed by atoms with van der Waals surface area (Å²) in [4.78, 5) is 0. The van der Waals surface area contributed by atoms with E-state index in [0.29, 0.717) is 12.5 Å². The Balaban J connectivity index is 2.25. The van der Waals surface area contributed by atoms with E-state index in [1.54, 1.807) is 0 Å². The maximum Gasteiger partial charge on any atom is 0.258 e. The fourth-order valence-corrected chi connectivity index (χ4v) is 1.36. The first-order valence-corrected chi connectivity index (χ1v) is 4.22. The number of aromatic nitrogens is 1. The Morgan fingerprint density at radius 1 is 1.67 bits per heavy atom. The van der Waals surface area contributed by atoms with E-state index >= 15 is 0 Å². The summed E-state index contributed by atoms with van der Waals surface area (Å²) >= 11 is 0. The normalized spacial score (nSPS) is 15.8. The first-order chi connectivity index (χ1) is 5.92. The van der Waals surface area contributed by atoms with Gasteiger partial charge in [0.2, 0.25) is 0 Å². The molecule has 2 rings (SSSR count). The summed E-state index contributed by atoms with van der Waals surface area (Å²) in [5, 5.41) is 7.10. The molecule has 1 aliphatic rings. The maximum atomic E-state index is 5.30. The predicted octanol–water partition coefficient (Wildman–Crippen LogP) is 0.719. The lowest BCUT2D eigenvalue weighted by Crippen LogP contribution is -2.22. The topological polar surface area (TPSA) is 47.3 Å². The highest BCUT2D eigenvalue weighted by Gasteiger charge is 2.19. The van der Waals surface area contributed by atoms with Crippen molar-refractivity contribution < 1.29 is 9.26 Å². The first-order valence-electron chi connectivity index (χ1n) is 4.22. The molecule has 1 aromatic rings. The lowest BCUT2D eigenvalue weighted by atomic mass is 10.1. The highest BCUT2D eigenvalue weighted by Crippen LogP contribution is 2.23. The zero-order chi connectivity index (χ0) is 8.39. The average molecular weight is 168 g/mol. The molecule has 0 saturated heterocycles. The van der Waals surface area contributed by atoms with E-state index in [0.717, 1.165) is 30.8 Å². The van der Waals surface area contributed by atoms with Gasteiger partial charge in [-0.05, 0) is 12.1 Å². The second-order valence-corrected chi connectivity index (χ2v) is 2.75. The Bertz CT molecular complexity index is 270. The summed E-state index contributed by atoms with van der Waals surface area (Å²) < 4.78 is 10.4. The minimum absolute atomic E-state index is 0.638. The molecule has 0 radical (unpaired) electrons. The summed E-state index contributed by atoms with van der Waals surface area (Å²) in [7, 11) is 0. The van der Waals surface area contributed by atoms with Crippen molar-refractivity contribution in [3.63, 3.8) is 0 Å². The van der Waals surface area contributed by atoms with Crippen molar-refractivity contribution in [1.82, 2.24) is 10.5 Å². The predicted molar refractivity (Wildman–Crippen MR) is 43.1 cm³/mol. The third-order valence-corrected chi connectivity index (χ3v) is 1.95. The molecule has 0 fully saturated rings. The summed E-state index contributed by atoms with van der Waals surface area (Å²) in [6, 6.07) is 0. The van der Waals surface area contributed by atoms with Crippen LogP contribution >= 0.6 is 0 Å². The van der Waals surface area contributed by atoms with Gasteiger partial charge in [0, 0.05) is 19.5 Å². The van der Waals surface area contributed by atoms with Gasteiger partial charge in [-0.15, -0.1) is 0 Å². The van der Waals surface area contributed by atoms with Crippen molar-refractivity contribution in [2.45, 2.75) is 19.9 Å². The Morgan fingerprint density at radius 3 is 3.42 bits per heavy atom. The van der Waals surface area contributed by atoms with Crippen LogP contribution in [0.3, 0.4) is 0 Å². The van der Waals surface area contributed by atoms with Crippen molar-refractivity contribution in [3.05, 3.63) is 11.3 Å². The van der Waals surface area contributed by atoms with Gasteiger partial charge in [-0.3, -0.25) is 0 Å². The lowest BCUT2D eigenvalue weighted by Gasteiger charge is -2.10. The van der Waals surface area contributed by atoms with Crippen LogP contribution in [0.1, 0.15) is 18.2 Å². The molecule has 0 aliphatic carbocycles. The molecule has 0 saturated carbocycles. The van der Waals surface area contributed by atoms with E-state index in [2.05, 4.69) is 10.5 Å². The van der Waals surface area contributed by atoms with Gasteiger partial charge < -0.3 is 14.6 Å². The van der Waals surface area contributed by atoms with Gasteiger partial charge in [-0.1, -0.05) is 0 Å². The quantitative estimate of drug-likeness (QED) is 0.706. The SMILES string of the molecule is CCOc1noc2c1CNCC2. The van der Waals surface area contributed by atoms with Crippen molar-refractivity contribution in [2.24, 2.45) is 0 Å². The number of rotatable bonds is 2. The smallest absolute Gasteiger partial charge is 0.258 e. The van der Waals surface area contributed by atoms with Gasteiger partial charge in [-0.2, -0.15) is 0 Å². The Kier molecular flexibility index (Phi) is 1.99. The summed E-state index contributed by atoms with van der Waals surface area (Å²) in [5.74, 6) is 1.62. The number of hydrogen-bond donors (Lipinski definition) is 1. The minimum atomic E-state index is 0.638. The molecule has 0 atom stereocenters. The van der Waals surface area contributed by atoms with Crippen LogP contribution in [0, 0.1) is 0 Å². The second-order valence-electron chi connectivity index (χ2n) is 2.75. The van der Waals surface area contributed by atoms with Crippen molar-refractivity contribution in [3.8, 4) is 5.88 Å². The van der Waals surface area contributed by atoms with Crippen LogP contribution < -0.4 is 10.1 Å². The number of fused-ring (bicyclic) bond motifs is 1. The van der Waals surface area contributed by atoms with Gasteiger partial charge in [-0.25, -0.2) is 0 Å². The molecule has 1 aromatic heterocycles. The molecule has 1 N–H and O–H groups in total. The van der Waals surface area contributed by atoms with Crippen LogP contribution in [0.5, 0.6) is 5.88 Å². The van der Waals surface area contributed by atoms with E-state index in [1.807, 2.05) is 6.92 Å². The van der Waals surface area contributed by atoms with Crippen LogP contribution in [-0.4, -0.2) is 18.3 Å². The van der Waals surface area contributed by atoms with E-state index in [4.69, 9.17) is 9.26 Å². The van der Waals surface area contributed by atoms with Gasteiger partial charge >= 0.3 is 0 Å². The van der Waals surface area contributed by atoms with Crippen LogP contribution in [0.2, 0.25) is 0 Å². The van der Waals surface area contributed by atoms with Gasteiger partial charge in [0.15, 0.2) is 0 Å². The highest BCUT2D eigenvalue weighted by atomic mass is 16.5. The number of hydrogen-bond acceptors (Lipinski definition) is 4. The largest absolute Gasteiger partial charge is 0.476 e. The Labute approximate surface area is 70.9 Å². The summed E-state index contributed by atoms with van der Waals surface area (Å²) in [6.45, 7) is 4.36. The molecular weight excluding hydrogens is 156 g/mol. The van der Waals surface area contributed by atoms with E-state index in [1.165, 1.54) is 0 Å². The van der Waals surface area contributed by atoms with Crippen molar-refractivity contribution in [2.75, 3.05) is 13.2 Å². The summed E-state index contributed by atoms with van der Waals surface area (Å²) in [5.41, 5.74) is 1.09. The fourth-order valence-electron chi connectivity index (χ4n) is 1.36. The lowest BCUT2D eigenvalue weighted by molar-refractivity contribution is 0.289. The highest BCUT2D eigenvalue weighted by molar-refractivity contribution is 5.29. The molecule has 0 bridgehead atoms. The number of nitrogens with one attached hydrogen (secondary N) is 1. The van der Waals surface area contributed by atoms with Gasteiger partial charge in [0.25, 0.3) is 5.88 Å². The first kappa shape index (κ1) is 7.61. The Hall–Kier alpha value is -1.03. The molecule has 0 spiro atoms. The monoisotopic (exact) mass is 168 g/mol. The fraction of sp³-hybridized carbons (Fsp3) is 0.625. The number of nitrogens with zero attached hydrogens (tertiary/aromatic N) is 1. The molecule has 66 valence electrons. The average Bonchev–Trinajstić information content (AvgIpc) is 2.50. The van der Waals surface area contributed by atoms with Crippen molar-refractivity contribution in [1.29, 1.82) is 0 Å². The standard InChI is InChI=1S/C8H12N2O2/c1-2-11-8-6-5-9-4-3-7(6)12-10-8/h9H,2-5H2,1H3. The summed E-state index contributed by atoms with van der Waals surface area (Å²) in [6.07, 6.45) is 0.912. The molecular formula is C8H12N2O2. The molecule has 0 aromatic carbocycles. The second kappa shape index (κ2) is 3.15. The van der Waals surface area contributed by atoms with Gasteiger partial charge in [0.1, 0.15) is 5.76 Å². The zero-order valence-electron chi connectivity index (χ0n) is 7.09. The van der Waals surface area contributed by atoms with Crippen LogP contribution in [0.15, 0.2) is 4.52 Å². The molecule has 4 nitrogen and oxygen atoms in total. The van der Waals surface area contributed by atoms with E-state index in [9.17, 15) is 0 Å². The molecule has 1 aliphatic heterocycles. The van der Waals surface area contributed by atoms with Crippen LogP contribution in [0.4, 0.5) is 0 Å². The van der Waals surface area contributed by atoms with E-state index < -0.39 is 0 Å². The van der Waals surface area contributed by atoms with E-state index in [-0.39, 0.29) is 0 Å². The Morgan fingerprint density at radius 2 is 2.58 bits per heavy atom. The third kappa shape index (κ3) is 1.18.